The number of rotatable bonds is 9. The molecule has 0 saturated carbocycles. The predicted octanol–water partition coefficient (Wildman–Crippen LogP) is 7.77. The molecule has 1 fully saturated rings. The molecule has 0 radical (unpaired) electrons. The van der Waals surface area contributed by atoms with Crippen molar-refractivity contribution in [2.24, 2.45) is 5.41 Å². The Morgan fingerprint density at radius 2 is 1.56 bits per heavy atom. The summed E-state index contributed by atoms with van der Waals surface area (Å²) >= 11 is 6.57. The summed E-state index contributed by atoms with van der Waals surface area (Å²) in [5, 5.41) is 0.563. The highest BCUT2D eigenvalue weighted by Gasteiger charge is 2.52. The highest BCUT2D eigenvalue weighted by molar-refractivity contribution is 7.53. The van der Waals surface area contributed by atoms with Crippen LogP contribution in [0, 0.1) is 5.41 Å². The van der Waals surface area contributed by atoms with Gasteiger partial charge in [-0.05, 0) is 57.4 Å². The van der Waals surface area contributed by atoms with Crippen molar-refractivity contribution >= 4 is 31.2 Å². The third-order valence-corrected chi connectivity index (χ3v) is 9.06. The van der Waals surface area contributed by atoms with Crippen LogP contribution in [0.3, 0.4) is 0 Å². The lowest BCUT2D eigenvalue weighted by Crippen LogP contribution is -2.52. The number of halogens is 1. The van der Waals surface area contributed by atoms with Gasteiger partial charge in [0.15, 0.2) is 0 Å². The third-order valence-electron chi connectivity index (χ3n) is 6.67. The molecule has 0 aromatic heterocycles. The van der Waals surface area contributed by atoms with Crippen LogP contribution >= 0.6 is 19.2 Å². The van der Waals surface area contributed by atoms with Crippen molar-refractivity contribution in [3.63, 3.8) is 0 Å². The number of hydrogen-bond acceptors (Lipinski definition) is 6. The lowest BCUT2D eigenvalue weighted by molar-refractivity contribution is -0.129. The zero-order valence-corrected chi connectivity index (χ0v) is 27.3. The summed E-state index contributed by atoms with van der Waals surface area (Å²) in [7, 11) is -1.69. The van der Waals surface area contributed by atoms with Crippen LogP contribution in [0.15, 0.2) is 42.5 Å². The lowest BCUT2D eigenvalue weighted by Gasteiger charge is -2.39. The van der Waals surface area contributed by atoms with Crippen molar-refractivity contribution in [3.8, 4) is 11.1 Å². The molecule has 2 aromatic carbocycles. The van der Waals surface area contributed by atoms with Crippen LogP contribution in [0.5, 0.6) is 0 Å². The first kappa shape index (κ1) is 33.1. The summed E-state index contributed by atoms with van der Waals surface area (Å²) in [4.78, 5) is 30.5. The quantitative estimate of drug-likeness (QED) is 0.271. The maximum atomic E-state index is 13.7. The van der Waals surface area contributed by atoms with Gasteiger partial charge in [-0.2, -0.15) is 0 Å². The minimum atomic E-state index is -3.42. The maximum absolute atomic E-state index is 13.7. The van der Waals surface area contributed by atoms with E-state index in [2.05, 4.69) is 0 Å². The van der Waals surface area contributed by atoms with Crippen molar-refractivity contribution in [1.29, 1.82) is 0 Å². The molecule has 1 aliphatic rings. The molecule has 0 N–H and O–H groups in total. The summed E-state index contributed by atoms with van der Waals surface area (Å²) in [5.41, 5.74) is 1.95. The van der Waals surface area contributed by atoms with Crippen molar-refractivity contribution in [2.75, 3.05) is 20.3 Å². The zero-order valence-electron chi connectivity index (χ0n) is 25.7. The maximum Gasteiger partial charge on any atom is 0.412 e. The van der Waals surface area contributed by atoms with Crippen molar-refractivity contribution < 1.29 is 27.9 Å². The standard InChI is InChI=1S/C31H44ClN2O6P/c1-10-38-41(37,39-11-2)20-22-16-21(17-23(18-22)24-14-12-13-15-25(24)32)19-26-27(35)33(9)28(30(3,4)5)34(26)29(36)40-31(6,7)8/h12-18,26,28H,10-11,19-20H2,1-9H3/t26-,28-/m0/s1. The van der Waals surface area contributed by atoms with Crippen molar-refractivity contribution in [2.45, 2.75) is 85.8 Å². The van der Waals surface area contributed by atoms with E-state index in [9.17, 15) is 14.2 Å². The molecular formula is C31H44ClN2O6P. The summed E-state index contributed by atoms with van der Waals surface area (Å²) < 4.78 is 30.4. The minimum absolute atomic E-state index is 0.0544. The van der Waals surface area contributed by atoms with Crippen LogP contribution in [0.4, 0.5) is 4.79 Å². The number of ether oxygens (including phenoxy) is 1. The van der Waals surface area contributed by atoms with E-state index >= 15 is 0 Å². The van der Waals surface area contributed by atoms with Gasteiger partial charge in [0.25, 0.3) is 0 Å². The third kappa shape index (κ3) is 8.13. The van der Waals surface area contributed by atoms with Crippen LogP contribution < -0.4 is 0 Å². The fourth-order valence-corrected chi connectivity index (χ4v) is 7.27. The van der Waals surface area contributed by atoms with Crippen LogP contribution in [-0.4, -0.2) is 59.9 Å². The summed E-state index contributed by atoms with van der Waals surface area (Å²) in [5.74, 6) is -0.171. The fraction of sp³-hybridized carbons (Fsp3) is 0.548. The van der Waals surface area contributed by atoms with Crippen LogP contribution in [0.1, 0.15) is 66.5 Å². The van der Waals surface area contributed by atoms with Gasteiger partial charge in [-0.3, -0.25) is 14.3 Å². The first-order chi connectivity index (χ1) is 19.0. The Balaban J connectivity index is 2.13. The molecule has 226 valence electrons. The van der Waals surface area contributed by atoms with Gasteiger partial charge in [0.2, 0.25) is 5.91 Å². The Morgan fingerprint density at radius 1 is 0.976 bits per heavy atom. The number of carbonyl (C=O) groups excluding carboxylic acids is 2. The lowest BCUT2D eigenvalue weighted by atomic mass is 9.91. The van der Waals surface area contributed by atoms with Gasteiger partial charge in [0, 0.05) is 29.5 Å². The van der Waals surface area contributed by atoms with E-state index in [-0.39, 0.29) is 31.7 Å². The number of benzene rings is 2. The number of carbonyl (C=O) groups is 2. The molecule has 41 heavy (non-hydrogen) atoms. The number of likely N-dealkylation sites (N-methyl/N-ethyl adjacent to an activating group) is 1. The van der Waals surface area contributed by atoms with Gasteiger partial charge < -0.3 is 18.7 Å². The molecule has 1 aliphatic heterocycles. The fourth-order valence-electron chi connectivity index (χ4n) is 5.35. The minimum Gasteiger partial charge on any atom is -0.444 e. The molecule has 3 rings (SSSR count). The Kier molecular flexibility index (Phi) is 10.4. The predicted molar refractivity (Wildman–Crippen MR) is 163 cm³/mol. The average molecular weight is 607 g/mol. The molecule has 8 nitrogen and oxygen atoms in total. The smallest absolute Gasteiger partial charge is 0.412 e. The van der Waals surface area contributed by atoms with Gasteiger partial charge in [-0.15, -0.1) is 0 Å². The molecule has 10 heteroatoms. The van der Waals surface area contributed by atoms with E-state index in [1.165, 1.54) is 0 Å². The second kappa shape index (κ2) is 12.9. The zero-order chi connectivity index (χ0) is 30.8. The number of nitrogens with zero attached hydrogens (tertiary/aromatic N) is 2. The SMILES string of the molecule is CCOP(=O)(Cc1cc(C[C@H]2C(=O)N(C)[C@H](C(C)(C)C)N2C(=O)OC(C)(C)C)cc(-c2ccccc2Cl)c1)OCC. The molecule has 2 amide bonds. The van der Waals surface area contributed by atoms with Gasteiger partial charge in [0.1, 0.15) is 17.8 Å². The average Bonchev–Trinajstić information content (AvgIpc) is 3.08. The molecule has 0 unspecified atom stereocenters. The normalized spacial score (nSPS) is 18.2. The molecule has 0 bridgehead atoms. The summed E-state index contributed by atoms with van der Waals surface area (Å²) in [6.07, 6.45) is -0.760. The second-order valence-corrected chi connectivity index (χ2v) is 14.9. The van der Waals surface area contributed by atoms with Crippen molar-refractivity contribution in [1.82, 2.24) is 9.80 Å². The molecule has 1 saturated heterocycles. The van der Waals surface area contributed by atoms with Gasteiger partial charge >= 0.3 is 13.7 Å². The van der Waals surface area contributed by atoms with Crippen LogP contribution in [0.25, 0.3) is 11.1 Å². The Bertz CT molecular complexity index is 1290. The van der Waals surface area contributed by atoms with E-state index in [1.54, 1.807) is 30.7 Å². The van der Waals surface area contributed by atoms with Crippen LogP contribution in [0.2, 0.25) is 5.02 Å². The Labute approximate surface area is 249 Å². The molecule has 0 aliphatic carbocycles. The largest absolute Gasteiger partial charge is 0.444 e. The molecule has 0 spiro atoms. The summed E-state index contributed by atoms with van der Waals surface area (Å²) in [6.45, 7) is 15.5. The van der Waals surface area contributed by atoms with E-state index in [0.717, 1.165) is 22.3 Å². The second-order valence-electron chi connectivity index (χ2n) is 12.4. The number of amides is 2. The number of hydrogen-bond donors (Lipinski definition) is 0. The van der Waals surface area contributed by atoms with Crippen LogP contribution in [-0.2, 0) is 35.7 Å². The van der Waals surface area contributed by atoms with E-state index in [0.29, 0.717) is 5.02 Å². The Morgan fingerprint density at radius 3 is 2.10 bits per heavy atom. The monoisotopic (exact) mass is 606 g/mol. The topological polar surface area (TPSA) is 85.4 Å². The van der Waals surface area contributed by atoms with E-state index in [1.807, 2.05) is 84.0 Å². The van der Waals surface area contributed by atoms with E-state index in [4.69, 9.17) is 25.4 Å². The molecular weight excluding hydrogens is 563 g/mol. The highest BCUT2D eigenvalue weighted by atomic mass is 35.5. The Hall–Kier alpha value is -2.38. The van der Waals surface area contributed by atoms with Crippen molar-refractivity contribution in [3.05, 3.63) is 58.6 Å². The summed E-state index contributed by atoms with van der Waals surface area (Å²) in [6, 6.07) is 12.5. The highest BCUT2D eigenvalue weighted by Crippen LogP contribution is 2.51. The molecule has 1 heterocycles. The molecule has 2 atom stereocenters. The first-order valence-electron chi connectivity index (χ1n) is 14.0. The van der Waals surface area contributed by atoms with Gasteiger partial charge in [-0.25, -0.2) is 4.79 Å². The van der Waals surface area contributed by atoms with E-state index < -0.39 is 36.9 Å². The van der Waals surface area contributed by atoms with Gasteiger partial charge in [-0.1, -0.05) is 68.8 Å². The first-order valence-corrected chi connectivity index (χ1v) is 16.1. The molecule has 2 aromatic rings. The van der Waals surface area contributed by atoms with Gasteiger partial charge in [0.05, 0.1) is 19.4 Å².